The molecule has 0 aliphatic rings. The zero-order valence-corrected chi connectivity index (χ0v) is 11.8. The third-order valence-electron chi connectivity index (χ3n) is 2.52. The first-order valence-corrected chi connectivity index (χ1v) is 6.26. The van der Waals surface area contributed by atoms with Gasteiger partial charge in [0.1, 0.15) is 18.4 Å². The van der Waals surface area contributed by atoms with Crippen LogP contribution >= 0.6 is 0 Å². The highest BCUT2D eigenvalue weighted by Crippen LogP contribution is 2.20. The monoisotopic (exact) mass is 321 g/mol. The Morgan fingerprint density at radius 2 is 1.91 bits per heavy atom. The van der Waals surface area contributed by atoms with Gasteiger partial charge in [0.2, 0.25) is 11.8 Å². The molecule has 5 nitrogen and oxygen atoms in total. The van der Waals surface area contributed by atoms with E-state index >= 15 is 0 Å². The molecule has 122 valence electrons. The number of carbonyl (C=O) groups is 2. The Morgan fingerprint density at radius 3 is 2.45 bits per heavy atom. The van der Waals surface area contributed by atoms with Crippen LogP contribution in [0.15, 0.2) is 18.2 Å². The van der Waals surface area contributed by atoms with Crippen LogP contribution in [-0.4, -0.2) is 30.6 Å². The van der Waals surface area contributed by atoms with Crippen molar-refractivity contribution in [1.29, 1.82) is 0 Å². The van der Waals surface area contributed by atoms with Gasteiger partial charge in [0.15, 0.2) is 0 Å². The smallest absolute Gasteiger partial charge is 0.374 e. The number of hydrogen-bond donors (Lipinski definition) is 3. The second-order valence-corrected chi connectivity index (χ2v) is 4.57. The highest BCUT2D eigenvalue weighted by molar-refractivity contribution is 5.90. The fourth-order valence-corrected chi connectivity index (χ4v) is 1.56. The summed E-state index contributed by atoms with van der Waals surface area (Å²) in [6, 6.07) is 2.63. The Bertz CT molecular complexity index is 561. The number of carbonyl (C=O) groups excluding carboxylic acids is 2. The summed E-state index contributed by atoms with van der Waals surface area (Å²) in [6.45, 7) is 1.12. The van der Waals surface area contributed by atoms with Gasteiger partial charge in [0, 0.05) is 12.6 Å². The predicted octanol–water partition coefficient (Wildman–Crippen LogP) is 2.26. The molecule has 9 heteroatoms. The van der Waals surface area contributed by atoms with Gasteiger partial charge in [-0.1, -0.05) is 0 Å². The minimum atomic E-state index is -4.50. The molecule has 1 atom stereocenters. The van der Waals surface area contributed by atoms with Crippen molar-refractivity contribution in [2.75, 3.05) is 17.2 Å². The summed E-state index contributed by atoms with van der Waals surface area (Å²) in [5, 5.41) is 6.61. The molecule has 1 aromatic carbocycles. The molecule has 1 rings (SSSR count). The van der Waals surface area contributed by atoms with Gasteiger partial charge in [-0.3, -0.25) is 9.59 Å². The van der Waals surface area contributed by atoms with E-state index in [0.29, 0.717) is 0 Å². The van der Waals surface area contributed by atoms with E-state index in [9.17, 15) is 27.2 Å². The number of rotatable bonds is 5. The van der Waals surface area contributed by atoms with Crippen LogP contribution in [0.2, 0.25) is 0 Å². The summed E-state index contributed by atoms with van der Waals surface area (Å²) >= 11 is 0. The molecule has 0 aromatic heterocycles. The number of nitrogens with one attached hydrogen (secondary N) is 3. The second kappa shape index (κ2) is 7.10. The third-order valence-corrected chi connectivity index (χ3v) is 2.52. The van der Waals surface area contributed by atoms with Crippen molar-refractivity contribution in [1.82, 2.24) is 5.32 Å². The van der Waals surface area contributed by atoms with Crippen molar-refractivity contribution >= 4 is 23.2 Å². The predicted molar refractivity (Wildman–Crippen MR) is 72.9 cm³/mol. The van der Waals surface area contributed by atoms with E-state index in [0.717, 1.165) is 6.07 Å². The van der Waals surface area contributed by atoms with E-state index in [1.165, 1.54) is 26.0 Å². The van der Waals surface area contributed by atoms with Crippen LogP contribution < -0.4 is 16.0 Å². The average Bonchev–Trinajstić information content (AvgIpc) is 2.38. The molecule has 22 heavy (non-hydrogen) atoms. The molecule has 0 saturated carbocycles. The van der Waals surface area contributed by atoms with Crippen LogP contribution in [0.4, 0.5) is 28.9 Å². The maximum Gasteiger partial charge on any atom is 0.405 e. The van der Waals surface area contributed by atoms with E-state index in [4.69, 9.17) is 0 Å². The fourth-order valence-electron chi connectivity index (χ4n) is 1.56. The normalized spacial score (nSPS) is 12.5. The summed E-state index contributed by atoms with van der Waals surface area (Å²) < 4.78 is 49.5. The zero-order chi connectivity index (χ0) is 16.9. The first-order valence-electron chi connectivity index (χ1n) is 6.26. The van der Waals surface area contributed by atoms with Crippen LogP contribution in [0.25, 0.3) is 0 Å². The van der Waals surface area contributed by atoms with Gasteiger partial charge in [0.05, 0.1) is 5.69 Å². The van der Waals surface area contributed by atoms with Gasteiger partial charge < -0.3 is 16.0 Å². The lowest BCUT2D eigenvalue weighted by molar-refractivity contribution is -0.138. The number of halogens is 4. The fraction of sp³-hybridized carbons (Fsp3) is 0.385. The SMILES string of the molecule is CC(=O)Nc1cc(N[C@@H](C)C(=O)NCC(F)(F)F)ccc1F. The molecule has 0 aliphatic carbocycles. The van der Waals surface area contributed by atoms with Crippen molar-refractivity contribution in [3.8, 4) is 0 Å². The Hall–Kier alpha value is -2.32. The molecule has 2 amide bonds. The minimum Gasteiger partial charge on any atom is -0.374 e. The van der Waals surface area contributed by atoms with E-state index in [1.54, 1.807) is 5.32 Å². The number of alkyl halides is 3. The van der Waals surface area contributed by atoms with Crippen molar-refractivity contribution < 1.29 is 27.2 Å². The molecular weight excluding hydrogens is 306 g/mol. The zero-order valence-electron chi connectivity index (χ0n) is 11.8. The van der Waals surface area contributed by atoms with Crippen LogP contribution in [-0.2, 0) is 9.59 Å². The average molecular weight is 321 g/mol. The minimum absolute atomic E-state index is 0.0969. The second-order valence-electron chi connectivity index (χ2n) is 4.57. The lowest BCUT2D eigenvalue weighted by Gasteiger charge is -2.17. The van der Waals surface area contributed by atoms with Crippen molar-refractivity contribution in [2.45, 2.75) is 26.1 Å². The first-order chi connectivity index (χ1) is 10.1. The Labute approximate surface area is 124 Å². The number of benzene rings is 1. The molecule has 0 unspecified atom stereocenters. The van der Waals surface area contributed by atoms with Crippen molar-refractivity contribution in [3.63, 3.8) is 0 Å². The lowest BCUT2D eigenvalue weighted by atomic mass is 10.2. The summed E-state index contributed by atoms with van der Waals surface area (Å²) in [6.07, 6.45) is -4.50. The standard InChI is InChI=1S/C13H15F4N3O2/c1-7(12(22)18-6-13(15,16)17)19-9-3-4-10(14)11(5-9)20-8(2)21/h3-5,7,19H,6H2,1-2H3,(H,18,22)(H,20,21)/t7-/m0/s1. The maximum atomic E-state index is 13.4. The van der Waals surface area contributed by atoms with Gasteiger partial charge in [-0.2, -0.15) is 13.2 Å². The maximum absolute atomic E-state index is 13.4. The largest absolute Gasteiger partial charge is 0.405 e. The van der Waals surface area contributed by atoms with Gasteiger partial charge in [-0.05, 0) is 25.1 Å². The van der Waals surface area contributed by atoms with E-state index in [1.807, 2.05) is 0 Å². The summed E-state index contributed by atoms with van der Waals surface area (Å²) in [7, 11) is 0. The van der Waals surface area contributed by atoms with E-state index in [2.05, 4.69) is 10.6 Å². The highest BCUT2D eigenvalue weighted by Gasteiger charge is 2.28. The number of anilines is 2. The molecule has 0 bridgehead atoms. The molecule has 0 radical (unpaired) electrons. The molecule has 0 heterocycles. The number of hydrogen-bond acceptors (Lipinski definition) is 3. The summed E-state index contributed by atoms with van der Waals surface area (Å²) in [4.78, 5) is 22.4. The van der Waals surface area contributed by atoms with Crippen molar-refractivity contribution in [2.24, 2.45) is 0 Å². The molecular formula is C13H15F4N3O2. The molecule has 0 spiro atoms. The third kappa shape index (κ3) is 5.98. The first kappa shape index (κ1) is 17.7. The summed E-state index contributed by atoms with van der Waals surface area (Å²) in [5.41, 5.74) is 0.181. The topological polar surface area (TPSA) is 70.2 Å². The Balaban J connectivity index is 2.69. The Kier molecular flexibility index (Phi) is 5.72. The highest BCUT2D eigenvalue weighted by atomic mass is 19.4. The Morgan fingerprint density at radius 1 is 1.27 bits per heavy atom. The van der Waals surface area contributed by atoms with Crippen LogP contribution in [0.1, 0.15) is 13.8 Å². The molecule has 0 fully saturated rings. The quantitative estimate of drug-likeness (QED) is 0.729. The van der Waals surface area contributed by atoms with Crippen LogP contribution in [0, 0.1) is 5.82 Å². The van der Waals surface area contributed by atoms with Crippen LogP contribution in [0.3, 0.4) is 0 Å². The van der Waals surface area contributed by atoms with Gasteiger partial charge >= 0.3 is 6.18 Å². The lowest BCUT2D eigenvalue weighted by Crippen LogP contribution is -2.42. The number of amides is 2. The molecule has 3 N–H and O–H groups in total. The molecule has 0 aliphatic heterocycles. The van der Waals surface area contributed by atoms with Crippen LogP contribution in [0.5, 0.6) is 0 Å². The summed E-state index contributed by atoms with van der Waals surface area (Å²) in [5.74, 6) is -2.01. The van der Waals surface area contributed by atoms with E-state index < -0.39 is 36.4 Å². The van der Waals surface area contributed by atoms with Gasteiger partial charge in [-0.15, -0.1) is 0 Å². The molecule has 1 aromatic rings. The van der Waals surface area contributed by atoms with Gasteiger partial charge in [-0.25, -0.2) is 4.39 Å². The molecule has 0 saturated heterocycles. The van der Waals surface area contributed by atoms with Crippen molar-refractivity contribution in [3.05, 3.63) is 24.0 Å². The van der Waals surface area contributed by atoms with E-state index in [-0.39, 0.29) is 11.4 Å². The van der Waals surface area contributed by atoms with Gasteiger partial charge in [0.25, 0.3) is 0 Å².